The zero-order valence-corrected chi connectivity index (χ0v) is 15.5. The molecule has 2 amide bonds. The quantitative estimate of drug-likeness (QED) is 0.622. The van der Waals surface area contributed by atoms with Gasteiger partial charge in [0.15, 0.2) is 16.7 Å². The van der Waals surface area contributed by atoms with Crippen LogP contribution in [0.3, 0.4) is 0 Å². The van der Waals surface area contributed by atoms with E-state index in [1.165, 1.54) is 36.7 Å². The Balaban J connectivity index is 1.41. The molecular formula is C20H18FN3O2S. The molecule has 1 heterocycles. The number of carbonyl (C=O) groups is 1. The molecule has 4 rings (SSSR count). The molecule has 0 atom stereocenters. The number of urea groups is 1. The lowest BCUT2D eigenvalue weighted by Crippen LogP contribution is -2.31. The number of hydrogen-bond donors (Lipinski definition) is 1. The van der Waals surface area contributed by atoms with Gasteiger partial charge >= 0.3 is 6.03 Å². The van der Waals surface area contributed by atoms with Gasteiger partial charge in [-0.05, 0) is 48.6 Å². The van der Waals surface area contributed by atoms with Crippen LogP contribution in [-0.4, -0.2) is 18.1 Å². The Morgan fingerprint density at radius 3 is 2.85 bits per heavy atom. The second-order valence-electron chi connectivity index (χ2n) is 6.38. The van der Waals surface area contributed by atoms with Gasteiger partial charge < -0.3 is 4.74 Å². The predicted molar refractivity (Wildman–Crippen MR) is 104 cm³/mol. The molecule has 0 saturated heterocycles. The fourth-order valence-electron chi connectivity index (χ4n) is 2.70. The molecule has 0 aliphatic heterocycles. The van der Waals surface area contributed by atoms with E-state index in [0.717, 1.165) is 17.0 Å². The van der Waals surface area contributed by atoms with E-state index in [1.807, 2.05) is 18.2 Å². The first kappa shape index (κ1) is 17.5. The first-order valence-corrected chi connectivity index (χ1v) is 9.44. The zero-order chi connectivity index (χ0) is 18.8. The molecule has 1 saturated carbocycles. The molecule has 0 unspecified atom stereocenters. The number of rotatable bonds is 5. The minimum absolute atomic E-state index is 0.119. The lowest BCUT2D eigenvalue weighted by Gasteiger charge is -2.18. The maximum Gasteiger partial charge on any atom is 0.327 e. The van der Waals surface area contributed by atoms with Crippen molar-refractivity contribution < 1.29 is 13.9 Å². The highest BCUT2D eigenvalue weighted by Gasteiger charge is 2.24. The van der Waals surface area contributed by atoms with Crippen molar-refractivity contribution in [1.82, 2.24) is 4.98 Å². The van der Waals surface area contributed by atoms with Gasteiger partial charge in [-0.3, -0.25) is 10.2 Å². The minimum Gasteiger partial charge on any atom is -0.442 e. The minimum atomic E-state index is -0.452. The van der Waals surface area contributed by atoms with Crippen LogP contribution in [0.2, 0.25) is 0 Å². The normalized spacial score (nSPS) is 13.3. The number of amides is 2. The van der Waals surface area contributed by atoms with Crippen LogP contribution in [0.5, 0.6) is 10.8 Å². The van der Waals surface area contributed by atoms with E-state index in [2.05, 4.69) is 16.4 Å². The molecule has 1 fully saturated rings. The Bertz CT molecular complexity index is 971. The number of carbonyl (C=O) groups excluding carboxylic acids is 1. The SMILES string of the molecule is CN(C(=O)Nc1ncc(Oc2ccccc2F)s1)c1cccc(C2CC2)c1. The first-order valence-electron chi connectivity index (χ1n) is 8.63. The summed E-state index contributed by atoms with van der Waals surface area (Å²) in [6.45, 7) is 0. The smallest absolute Gasteiger partial charge is 0.327 e. The topological polar surface area (TPSA) is 54.5 Å². The highest BCUT2D eigenvalue weighted by atomic mass is 32.1. The zero-order valence-electron chi connectivity index (χ0n) is 14.7. The molecule has 138 valence electrons. The van der Waals surface area contributed by atoms with Gasteiger partial charge in [0.2, 0.25) is 5.06 Å². The molecule has 2 aromatic carbocycles. The Morgan fingerprint density at radius 1 is 1.26 bits per heavy atom. The van der Waals surface area contributed by atoms with Crippen molar-refractivity contribution >= 4 is 28.2 Å². The molecule has 1 aromatic heterocycles. The number of nitrogens with one attached hydrogen (secondary N) is 1. The number of nitrogens with zero attached hydrogens (tertiary/aromatic N) is 2. The van der Waals surface area contributed by atoms with Gasteiger partial charge in [-0.15, -0.1) is 0 Å². The van der Waals surface area contributed by atoms with Crippen LogP contribution in [0.25, 0.3) is 0 Å². The summed E-state index contributed by atoms with van der Waals surface area (Å²) >= 11 is 1.14. The summed E-state index contributed by atoms with van der Waals surface area (Å²) < 4.78 is 19.1. The summed E-state index contributed by atoms with van der Waals surface area (Å²) in [6.07, 6.45) is 3.88. The van der Waals surface area contributed by atoms with Crippen LogP contribution in [0, 0.1) is 5.82 Å². The van der Waals surface area contributed by atoms with E-state index in [9.17, 15) is 9.18 Å². The number of benzene rings is 2. The highest BCUT2D eigenvalue weighted by molar-refractivity contribution is 7.17. The van der Waals surface area contributed by atoms with E-state index in [0.29, 0.717) is 16.1 Å². The molecule has 7 heteroatoms. The van der Waals surface area contributed by atoms with Crippen LogP contribution >= 0.6 is 11.3 Å². The molecule has 5 nitrogen and oxygen atoms in total. The van der Waals surface area contributed by atoms with Crippen molar-refractivity contribution in [3.05, 3.63) is 66.1 Å². The second kappa shape index (κ2) is 7.36. The van der Waals surface area contributed by atoms with Gasteiger partial charge in [-0.2, -0.15) is 0 Å². The molecule has 1 N–H and O–H groups in total. The van der Waals surface area contributed by atoms with Crippen LogP contribution in [-0.2, 0) is 0 Å². The summed E-state index contributed by atoms with van der Waals surface area (Å²) in [6, 6.07) is 13.9. The summed E-state index contributed by atoms with van der Waals surface area (Å²) in [4.78, 5) is 18.2. The van der Waals surface area contributed by atoms with Crippen molar-refractivity contribution in [3.8, 4) is 10.8 Å². The van der Waals surface area contributed by atoms with E-state index < -0.39 is 5.82 Å². The average molecular weight is 383 g/mol. The predicted octanol–water partition coefficient (Wildman–Crippen LogP) is 5.62. The van der Waals surface area contributed by atoms with E-state index in [4.69, 9.17) is 4.74 Å². The summed E-state index contributed by atoms with van der Waals surface area (Å²) in [5.74, 6) is 0.290. The third-order valence-corrected chi connectivity index (χ3v) is 5.15. The van der Waals surface area contributed by atoms with Crippen LogP contribution < -0.4 is 15.0 Å². The third kappa shape index (κ3) is 4.09. The van der Waals surface area contributed by atoms with Crippen LogP contribution in [0.15, 0.2) is 54.7 Å². The molecule has 0 bridgehead atoms. The summed E-state index contributed by atoms with van der Waals surface area (Å²) in [5.41, 5.74) is 2.10. The summed E-state index contributed by atoms with van der Waals surface area (Å²) in [5, 5.41) is 3.53. The van der Waals surface area contributed by atoms with Gasteiger partial charge in [0, 0.05) is 12.7 Å². The largest absolute Gasteiger partial charge is 0.442 e. The van der Waals surface area contributed by atoms with Crippen molar-refractivity contribution in [2.75, 3.05) is 17.3 Å². The number of para-hydroxylation sites is 1. The first-order chi connectivity index (χ1) is 13.1. The number of thiazole rings is 1. The van der Waals surface area contributed by atoms with Crippen molar-refractivity contribution in [3.63, 3.8) is 0 Å². The van der Waals surface area contributed by atoms with Gasteiger partial charge in [0.25, 0.3) is 0 Å². The maximum atomic E-state index is 13.7. The molecule has 1 aliphatic rings. The van der Waals surface area contributed by atoms with Crippen LogP contribution in [0.1, 0.15) is 24.3 Å². The number of anilines is 2. The monoisotopic (exact) mass is 383 g/mol. The Hall–Kier alpha value is -2.93. The lowest BCUT2D eigenvalue weighted by molar-refractivity contribution is 0.258. The third-order valence-electron chi connectivity index (χ3n) is 4.36. The molecule has 27 heavy (non-hydrogen) atoms. The molecule has 0 spiro atoms. The molecular weight excluding hydrogens is 365 g/mol. The van der Waals surface area contributed by atoms with Crippen molar-refractivity contribution in [2.24, 2.45) is 0 Å². The van der Waals surface area contributed by atoms with Gasteiger partial charge in [-0.1, -0.05) is 35.6 Å². The fourth-order valence-corrected chi connectivity index (χ4v) is 3.37. The Kier molecular flexibility index (Phi) is 4.77. The second-order valence-corrected chi connectivity index (χ2v) is 7.37. The Morgan fingerprint density at radius 2 is 2.07 bits per heavy atom. The van der Waals surface area contributed by atoms with Gasteiger partial charge in [0.1, 0.15) is 0 Å². The van der Waals surface area contributed by atoms with E-state index in [-0.39, 0.29) is 11.8 Å². The number of ether oxygens (including phenoxy) is 1. The molecule has 0 radical (unpaired) electrons. The van der Waals surface area contributed by atoms with Gasteiger partial charge in [-0.25, -0.2) is 14.2 Å². The lowest BCUT2D eigenvalue weighted by atomic mass is 10.1. The highest BCUT2D eigenvalue weighted by Crippen LogP contribution is 2.41. The fraction of sp³-hybridized carbons (Fsp3) is 0.200. The van der Waals surface area contributed by atoms with Crippen molar-refractivity contribution in [1.29, 1.82) is 0 Å². The standard InChI is InChI=1S/C20H18FN3O2S/c1-24(15-6-4-5-14(11-15)13-9-10-13)20(25)23-19-22-12-18(27-19)26-17-8-3-2-7-16(17)21/h2-8,11-13H,9-10H2,1H3,(H,22,23,25). The molecule has 3 aromatic rings. The number of halogens is 1. The summed E-state index contributed by atoms with van der Waals surface area (Å²) in [7, 11) is 1.71. The number of aromatic nitrogens is 1. The number of hydrogen-bond acceptors (Lipinski definition) is 4. The van der Waals surface area contributed by atoms with E-state index >= 15 is 0 Å². The van der Waals surface area contributed by atoms with Gasteiger partial charge in [0.05, 0.1) is 6.20 Å². The maximum absolute atomic E-state index is 13.7. The van der Waals surface area contributed by atoms with Crippen molar-refractivity contribution in [2.45, 2.75) is 18.8 Å². The Labute approximate surface area is 160 Å². The van der Waals surface area contributed by atoms with Crippen LogP contribution in [0.4, 0.5) is 20.0 Å². The average Bonchev–Trinajstić information content (AvgIpc) is 3.44. The van der Waals surface area contributed by atoms with E-state index in [1.54, 1.807) is 24.1 Å². The molecule has 1 aliphatic carbocycles.